The van der Waals surface area contributed by atoms with Gasteiger partial charge in [-0.05, 0) is 41.0 Å². The molecule has 0 heterocycles. The van der Waals surface area contributed by atoms with Gasteiger partial charge in [-0.3, -0.25) is 4.79 Å². The van der Waals surface area contributed by atoms with Gasteiger partial charge in [-0.25, -0.2) is 0 Å². The first kappa shape index (κ1) is 15.4. The summed E-state index contributed by atoms with van der Waals surface area (Å²) < 4.78 is 5.21. The number of hydrogen-bond acceptors (Lipinski definition) is 3. The number of aliphatic hydroxyl groups is 1. The van der Waals surface area contributed by atoms with Crippen LogP contribution in [0.3, 0.4) is 0 Å². The van der Waals surface area contributed by atoms with E-state index in [1.807, 2.05) is 6.92 Å². The van der Waals surface area contributed by atoms with Crippen LogP contribution in [0.15, 0.2) is 0 Å². The molecule has 2 N–H and O–H groups in total. The highest BCUT2D eigenvalue weighted by atomic mass is 16.5. The first-order valence-electron chi connectivity index (χ1n) is 5.60. The van der Waals surface area contributed by atoms with Crippen LogP contribution < -0.4 is 5.32 Å². The minimum absolute atomic E-state index is 0.204. The molecule has 4 heteroatoms. The third-order valence-electron chi connectivity index (χ3n) is 3.56. The predicted molar refractivity (Wildman–Crippen MR) is 64.2 cm³/mol. The number of rotatable bonds is 5. The molecule has 0 fully saturated rings. The third-order valence-corrected chi connectivity index (χ3v) is 3.56. The summed E-state index contributed by atoms with van der Waals surface area (Å²) in [4.78, 5) is 12.0. The van der Waals surface area contributed by atoms with Gasteiger partial charge in [-0.2, -0.15) is 0 Å². The van der Waals surface area contributed by atoms with Crippen LogP contribution >= 0.6 is 0 Å². The quantitative estimate of drug-likeness (QED) is 0.753. The Morgan fingerprint density at radius 3 is 1.94 bits per heavy atom. The van der Waals surface area contributed by atoms with E-state index in [0.29, 0.717) is 6.42 Å². The van der Waals surface area contributed by atoms with Crippen LogP contribution in [0.25, 0.3) is 0 Å². The largest absolute Gasteiger partial charge is 0.388 e. The zero-order chi connectivity index (χ0) is 13.2. The first-order valence-corrected chi connectivity index (χ1v) is 5.60. The zero-order valence-electron chi connectivity index (χ0n) is 11.5. The molecule has 0 aliphatic heterocycles. The van der Waals surface area contributed by atoms with Gasteiger partial charge in [0.15, 0.2) is 0 Å². The van der Waals surface area contributed by atoms with Crippen molar-refractivity contribution in [2.45, 2.75) is 64.7 Å². The third kappa shape index (κ3) is 3.19. The first-order chi connectivity index (χ1) is 7.00. The van der Waals surface area contributed by atoms with E-state index in [1.54, 1.807) is 34.6 Å². The van der Waals surface area contributed by atoms with E-state index in [0.717, 1.165) is 0 Å². The van der Waals surface area contributed by atoms with E-state index in [4.69, 9.17) is 4.74 Å². The van der Waals surface area contributed by atoms with Gasteiger partial charge in [0.1, 0.15) is 5.60 Å². The molecule has 1 atom stereocenters. The van der Waals surface area contributed by atoms with E-state index in [2.05, 4.69) is 5.32 Å². The highest BCUT2D eigenvalue weighted by Gasteiger charge is 2.41. The Morgan fingerprint density at radius 1 is 1.25 bits per heavy atom. The molecule has 0 aliphatic carbocycles. The lowest BCUT2D eigenvalue weighted by atomic mass is 9.85. The number of carbonyl (C=O) groups excluding carboxylic acids is 1. The van der Waals surface area contributed by atoms with Gasteiger partial charge < -0.3 is 15.2 Å². The van der Waals surface area contributed by atoms with Gasteiger partial charge in [-0.1, -0.05) is 6.92 Å². The maximum absolute atomic E-state index is 12.0. The molecular weight excluding hydrogens is 206 g/mol. The molecule has 0 radical (unpaired) electrons. The molecule has 0 saturated heterocycles. The monoisotopic (exact) mass is 231 g/mol. The lowest BCUT2D eigenvalue weighted by Gasteiger charge is -2.40. The fourth-order valence-corrected chi connectivity index (χ4v) is 0.967. The Hall–Kier alpha value is -0.610. The average molecular weight is 231 g/mol. The second-order valence-corrected chi connectivity index (χ2v) is 5.43. The van der Waals surface area contributed by atoms with Gasteiger partial charge in [0, 0.05) is 7.11 Å². The summed E-state index contributed by atoms with van der Waals surface area (Å²) in [6.07, 6.45) is 0.581. The fourth-order valence-electron chi connectivity index (χ4n) is 0.967. The topological polar surface area (TPSA) is 58.6 Å². The van der Waals surface area contributed by atoms with Gasteiger partial charge in [0.25, 0.3) is 5.91 Å². The number of carbonyl (C=O) groups is 1. The van der Waals surface area contributed by atoms with Crippen molar-refractivity contribution in [3.63, 3.8) is 0 Å². The molecule has 0 saturated carbocycles. The van der Waals surface area contributed by atoms with E-state index in [1.165, 1.54) is 7.11 Å². The summed E-state index contributed by atoms with van der Waals surface area (Å²) >= 11 is 0. The molecule has 0 aromatic rings. The van der Waals surface area contributed by atoms with Crippen LogP contribution in [0.2, 0.25) is 0 Å². The normalized spacial score (nSPS) is 16.8. The molecule has 0 bridgehead atoms. The van der Waals surface area contributed by atoms with Crippen LogP contribution in [-0.4, -0.2) is 34.9 Å². The predicted octanol–water partition coefficient (Wildman–Crippen LogP) is 1.47. The maximum atomic E-state index is 12.0. The number of hydrogen-bond donors (Lipinski definition) is 2. The van der Waals surface area contributed by atoms with Crippen LogP contribution in [-0.2, 0) is 9.53 Å². The average Bonchev–Trinajstić information content (AvgIpc) is 2.14. The van der Waals surface area contributed by atoms with E-state index >= 15 is 0 Å². The number of methoxy groups -OCH3 is 1. The summed E-state index contributed by atoms with van der Waals surface area (Å²) in [6.45, 7) is 10.5. The maximum Gasteiger partial charge on any atom is 0.252 e. The molecule has 0 aromatic heterocycles. The Kier molecular flexibility index (Phi) is 4.54. The number of amides is 1. The molecule has 4 nitrogen and oxygen atoms in total. The second kappa shape index (κ2) is 4.72. The van der Waals surface area contributed by atoms with Crippen LogP contribution in [0, 0.1) is 0 Å². The van der Waals surface area contributed by atoms with Crippen LogP contribution in [0.5, 0.6) is 0 Å². The molecule has 0 spiro atoms. The van der Waals surface area contributed by atoms with Crippen molar-refractivity contribution in [3.05, 3.63) is 0 Å². The number of ether oxygens (including phenoxy) is 1. The van der Waals surface area contributed by atoms with Gasteiger partial charge in [-0.15, -0.1) is 0 Å². The molecule has 0 aromatic carbocycles. The summed E-state index contributed by atoms with van der Waals surface area (Å²) in [6, 6.07) is 0. The minimum Gasteiger partial charge on any atom is -0.388 e. The zero-order valence-corrected chi connectivity index (χ0v) is 11.5. The Balaban J connectivity index is 4.82. The fraction of sp³-hybridized carbons (Fsp3) is 0.917. The van der Waals surface area contributed by atoms with E-state index in [9.17, 15) is 9.90 Å². The summed E-state index contributed by atoms with van der Waals surface area (Å²) in [5.74, 6) is -0.204. The molecule has 0 rings (SSSR count). The molecule has 1 amide bonds. The smallest absolute Gasteiger partial charge is 0.252 e. The van der Waals surface area contributed by atoms with Crippen LogP contribution in [0.1, 0.15) is 48.0 Å². The van der Waals surface area contributed by atoms with Gasteiger partial charge in [0.2, 0.25) is 0 Å². The molecule has 96 valence electrons. The van der Waals surface area contributed by atoms with Crippen molar-refractivity contribution in [2.24, 2.45) is 0 Å². The lowest BCUT2D eigenvalue weighted by Crippen LogP contribution is -2.61. The van der Waals surface area contributed by atoms with Crippen LogP contribution in [0.4, 0.5) is 0 Å². The number of nitrogens with one attached hydrogen (secondary N) is 1. The Morgan fingerprint density at radius 2 is 1.69 bits per heavy atom. The molecule has 0 aliphatic rings. The van der Waals surface area contributed by atoms with Crippen molar-refractivity contribution in [3.8, 4) is 0 Å². The molecular formula is C12H25NO3. The lowest BCUT2D eigenvalue weighted by molar-refractivity contribution is -0.146. The van der Waals surface area contributed by atoms with E-state index < -0.39 is 16.7 Å². The second-order valence-electron chi connectivity index (χ2n) is 5.43. The highest BCUT2D eigenvalue weighted by Crippen LogP contribution is 2.23. The standard InChI is InChI=1S/C12H25NO3/c1-8-12(6,16-7)9(14)13-10(2,3)11(4,5)15/h15H,8H2,1-7H3,(H,13,14). The summed E-state index contributed by atoms with van der Waals surface area (Å²) in [5, 5.41) is 12.8. The molecule has 16 heavy (non-hydrogen) atoms. The van der Waals surface area contributed by atoms with Crippen molar-refractivity contribution >= 4 is 5.91 Å². The summed E-state index contributed by atoms with van der Waals surface area (Å²) in [7, 11) is 1.51. The SMILES string of the molecule is CCC(C)(OC)C(=O)NC(C)(C)C(C)(C)O. The van der Waals surface area contributed by atoms with Crippen molar-refractivity contribution in [1.29, 1.82) is 0 Å². The van der Waals surface area contributed by atoms with Gasteiger partial charge >= 0.3 is 0 Å². The van der Waals surface area contributed by atoms with E-state index in [-0.39, 0.29) is 5.91 Å². The molecule has 1 unspecified atom stereocenters. The summed E-state index contributed by atoms with van der Waals surface area (Å²) in [5.41, 5.74) is -2.55. The minimum atomic E-state index is -0.995. The Bertz CT molecular complexity index is 249. The Labute approximate surface area is 98.4 Å². The van der Waals surface area contributed by atoms with Gasteiger partial charge in [0.05, 0.1) is 11.1 Å². The van der Waals surface area contributed by atoms with Crippen molar-refractivity contribution in [2.75, 3.05) is 7.11 Å². The highest BCUT2D eigenvalue weighted by molar-refractivity contribution is 5.85. The van der Waals surface area contributed by atoms with Crippen molar-refractivity contribution < 1.29 is 14.6 Å². The van der Waals surface area contributed by atoms with Crippen molar-refractivity contribution in [1.82, 2.24) is 5.32 Å².